The molecule has 0 saturated carbocycles. The number of aromatic nitrogens is 1. The minimum atomic E-state index is -0.820. The van der Waals surface area contributed by atoms with Gasteiger partial charge in [-0.1, -0.05) is 6.92 Å². The number of amides is 1. The van der Waals surface area contributed by atoms with E-state index in [4.69, 9.17) is 9.47 Å². The van der Waals surface area contributed by atoms with Crippen LogP contribution in [0.15, 0.2) is 18.3 Å². The van der Waals surface area contributed by atoms with E-state index in [0.29, 0.717) is 18.0 Å². The molecule has 1 atom stereocenters. The third kappa shape index (κ3) is 3.17. The molecule has 17 heavy (non-hydrogen) atoms. The van der Waals surface area contributed by atoms with Crippen LogP contribution in [0.2, 0.25) is 0 Å². The topological polar surface area (TPSA) is 60.5 Å². The SMILES string of the molecule is CC[C@@](C)(OC)C(=O)Nc1ccc(OC)nc1. The van der Waals surface area contributed by atoms with Crippen LogP contribution in [0.25, 0.3) is 0 Å². The highest BCUT2D eigenvalue weighted by molar-refractivity contribution is 5.96. The Balaban J connectivity index is 2.73. The van der Waals surface area contributed by atoms with Gasteiger partial charge in [0.05, 0.1) is 19.0 Å². The van der Waals surface area contributed by atoms with Crippen LogP contribution >= 0.6 is 0 Å². The minimum absolute atomic E-state index is 0.186. The van der Waals surface area contributed by atoms with Gasteiger partial charge in [0.2, 0.25) is 5.88 Å². The quantitative estimate of drug-likeness (QED) is 0.850. The first-order valence-electron chi connectivity index (χ1n) is 5.42. The lowest BCUT2D eigenvalue weighted by atomic mass is 10.0. The van der Waals surface area contributed by atoms with E-state index in [9.17, 15) is 4.79 Å². The molecular weight excluding hydrogens is 220 g/mol. The number of hydrogen-bond donors (Lipinski definition) is 1. The van der Waals surface area contributed by atoms with E-state index in [2.05, 4.69) is 10.3 Å². The molecule has 1 N–H and O–H groups in total. The van der Waals surface area contributed by atoms with Gasteiger partial charge in [0, 0.05) is 13.2 Å². The summed E-state index contributed by atoms with van der Waals surface area (Å²) in [4.78, 5) is 16.0. The van der Waals surface area contributed by atoms with Crippen molar-refractivity contribution in [2.75, 3.05) is 19.5 Å². The maximum Gasteiger partial charge on any atom is 0.256 e. The molecule has 0 aromatic carbocycles. The first-order chi connectivity index (χ1) is 8.05. The van der Waals surface area contributed by atoms with Crippen molar-refractivity contribution in [3.8, 4) is 5.88 Å². The number of nitrogens with zero attached hydrogens (tertiary/aromatic N) is 1. The first kappa shape index (κ1) is 13.4. The molecule has 5 nitrogen and oxygen atoms in total. The number of rotatable bonds is 5. The molecular formula is C12H18N2O3. The summed E-state index contributed by atoms with van der Waals surface area (Å²) in [6.07, 6.45) is 2.14. The highest BCUT2D eigenvalue weighted by Crippen LogP contribution is 2.18. The summed E-state index contributed by atoms with van der Waals surface area (Å²) in [7, 11) is 3.06. The van der Waals surface area contributed by atoms with E-state index < -0.39 is 5.60 Å². The van der Waals surface area contributed by atoms with Gasteiger partial charge in [0.15, 0.2) is 0 Å². The molecule has 94 valence electrons. The van der Waals surface area contributed by atoms with Crippen molar-refractivity contribution in [2.24, 2.45) is 0 Å². The predicted molar refractivity (Wildman–Crippen MR) is 65.1 cm³/mol. The van der Waals surface area contributed by atoms with Gasteiger partial charge in [-0.3, -0.25) is 4.79 Å². The van der Waals surface area contributed by atoms with Crippen molar-refractivity contribution in [2.45, 2.75) is 25.9 Å². The van der Waals surface area contributed by atoms with Crippen molar-refractivity contribution in [1.82, 2.24) is 4.98 Å². The number of carbonyl (C=O) groups excluding carboxylic acids is 1. The smallest absolute Gasteiger partial charge is 0.256 e. The van der Waals surface area contributed by atoms with Crippen LogP contribution in [0.3, 0.4) is 0 Å². The Hall–Kier alpha value is -1.62. The van der Waals surface area contributed by atoms with Gasteiger partial charge < -0.3 is 14.8 Å². The van der Waals surface area contributed by atoms with E-state index in [0.717, 1.165) is 0 Å². The van der Waals surface area contributed by atoms with Crippen LogP contribution in [0.1, 0.15) is 20.3 Å². The van der Waals surface area contributed by atoms with E-state index in [1.807, 2.05) is 6.92 Å². The molecule has 1 aromatic rings. The summed E-state index contributed by atoms with van der Waals surface area (Å²) in [6.45, 7) is 3.65. The Morgan fingerprint density at radius 1 is 1.47 bits per heavy atom. The summed E-state index contributed by atoms with van der Waals surface area (Å²) in [5.41, 5.74) is -0.201. The van der Waals surface area contributed by atoms with E-state index in [1.165, 1.54) is 7.11 Å². The van der Waals surface area contributed by atoms with Crippen molar-refractivity contribution in [3.63, 3.8) is 0 Å². The van der Waals surface area contributed by atoms with Gasteiger partial charge in [-0.25, -0.2) is 4.98 Å². The average Bonchev–Trinajstić information content (AvgIpc) is 2.38. The molecule has 0 aliphatic rings. The van der Waals surface area contributed by atoms with Crippen LogP contribution in [0.5, 0.6) is 5.88 Å². The van der Waals surface area contributed by atoms with Crippen molar-refractivity contribution >= 4 is 11.6 Å². The predicted octanol–water partition coefficient (Wildman–Crippen LogP) is 1.84. The number of methoxy groups -OCH3 is 2. The number of ether oxygens (including phenoxy) is 2. The molecule has 1 heterocycles. The summed E-state index contributed by atoms with van der Waals surface area (Å²) in [5.74, 6) is 0.322. The normalized spacial score (nSPS) is 13.9. The number of hydrogen-bond acceptors (Lipinski definition) is 4. The summed E-state index contributed by atoms with van der Waals surface area (Å²) < 4.78 is 10.1. The van der Waals surface area contributed by atoms with Gasteiger partial charge in [0.25, 0.3) is 5.91 Å². The molecule has 0 bridgehead atoms. The lowest BCUT2D eigenvalue weighted by molar-refractivity contribution is -0.136. The molecule has 1 aromatic heterocycles. The van der Waals surface area contributed by atoms with Crippen molar-refractivity contribution < 1.29 is 14.3 Å². The second-order valence-corrected chi connectivity index (χ2v) is 3.83. The molecule has 0 saturated heterocycles. The zero-order valence-electron chi connectivity index (χ0n) is 10.6. The Bertz CT molecular complexity index is 372. The van der Waals surface area contributed by atoms with Crippen LogP contribution in [0, 0.1) is 0 Å². The molecule has 0 aliphatic heterocycles. The fraction of sp³-hybridized carbons (Fsp3) is 0.500. The molecule has 0 spiro atoms. The number of anilines is 1. The Labute approximate surface area is 101 Å². The zero-order chi connectivity index (χ0) is 12.9. The average molecular weight is 238 g/mol. The highest BCUT2D eigenvalue weighted by Gasteiger charge is 2.30. The lowest BCUT2D eigenvalue weighted by Gasteiger charge is -2.25. The van der Waals surface area contributed by atoms with Crippen molar-refractivity contribution in [1.29, 1.82) is 0 Å². The minimum Gasteiger partial charge on any atom is -0.481 e. The van der Waals surface area contributed by atoms with Crippen LogP contribution < -0.4 is 10.1 Å². The molecule has 0 unspecified atom stereocenters. The van der Waals surface area contributed by atoms with Crippen molar-refractivity contribution in [3.05, 3.63) is 18.3 Å². The molecule has 5 heteroatoms. The maximum absolute atomic E-state index is 12.0. The summed E-state index contributed by atoms with van der Waals surface area (Å²) in [6, 6.07) is 3.42. The van der Waals surface area contributed by atoms with Gasteiger partial charge in [-0.05, 0) is 19.4 Å². The third-order valence-electron chi connectivity index (χ3n) is 2.81. The summed E-state index contributed by atoms with van der Waals surface area (Å²) >= 11 is 0. The van der Waals surface area contributed by atoms with Gasteiger partial charge in [-0.2, -0.15) is 0 Å². The Kier molecular flexibility index (Phi) is 4.45. The van der Waals surface area contributed by atoms with Gasteiger partial charge in [-0.15, -0.1) is 0 Å². The van der Waals surface area contributed by atoms with E-state index in [-0.39, 0.29) is 5.91 Å². The second kappa shape index (κ2) is 5.63. The second-order valence-electron chi connectivity index (χ2n) is 3.83. The fourth-order valence-corrected chi connectivity index (χ4v) is 1.24. The first-order valence-corrected chi connectivity index (χ1v) is 5.42. The molecule has 0 radical (unpaired) electrons. The van der Waals surface area contributed by atoms with Gasteiger partial charge in [0.1, 0.15) is 5.60 Å². The Morgan fingerprint density at radius 3 is 2.59 bits per heavy atom. The fourth-order valence-electron chi connectivity index (χ4n) is 1.24. The van der Waals surface area contributed by atoms with Crippen LogP contribution in [-0.2, 0) is 9.53 Å². The Morgan fingerprint density at radius 2 is 2.18 bits per heavy atom. The molecule has 0 aliphatic carbocycles. The van der Waals surface area contributed by atoms with Crippen LogP contribution in [-0.4, -0.2) is 30.7 Å². The molecule has 1 amide bonds. The monoisotopic (exact) mass is 238 g/mol. The highest BCUT2D eigenvalue weighted by atomic mass is 16.5. The molecule has 1 rings (SSSR count). The van der Waals surface area contributed by atoms with Gasteiger partial charge >= 0.3 is 0 Å². The number of carbonyl (C=O) groups is 1. The third-order valence-corrected chi connectivity index (χ3v) is 2.81. The number of pyridine rings is 1. The molecule has 0 fully saturated rings. The lowest BCUT2D eigenvalue weighted by Crippen LogP contribution is -2.41. The number of nitrogens with one attached hydrogen (secondary N) is 1. The van der Waals surface area contributed by atoms with E-state index in [1.54, 1.807) is 32.4 Å². The standard InChI is InChI=1S/C12H18N2O3/c1-5-12(2,17-4)11(15)14-9-6-7-10(16-3)13-8-9/h6-8H,5H2,1-4H3,(H,14,15)/t12-/m1/s1. The zero-order valence-corrected chi connectivity index (χ0v) is 10.6. The van der Waals surface area contributed by atoms with Crippen LogP contribution in [0.4, 0.5) is 5.69 Å². The maximum atomic E-state index is 12.0. The summed E-state index contributed by atoms with van der Waals surface area (Å²) in [5, 5.41) is 2.75. The van der Waals surface area contributed by atoms with E-state index >= 15 is 0 Å². The largest absolute Gasteiger partial charge is 0.481 e.